The first kappa shape index (κ1) is 25.2. The Morgan fingerprint density at radius 2 is 1.82 bits per heavy atom. The van der Waals surface area contributed by atoms with Gasteiger partial charge in [0.05, 0.1) is 0 Å². The number of guanidine groups is 1. The Labute approximate surface area is 189 Å². The highest BCUT2D eigenvalue weighted by molar-refractivity contribution is 14.0. The molecule has 1 heterocycles. The van der Waals surface area contributed by atoms with Crippen LogP contribution in [-0.2, 0) is 6.54 Å². The van der Waals surface area contributed by atoms with Crippen LogP contribution in [0.4, 0.5) is 0 Å². The molecule has 0 radical (unpaired) electrons. The van der Waals surface area contributed by atoms with Gasteiger partial charge in [-0.3, -0.25) is 9.89 Å². The topological polar surface area (TPSA) is 42.9 Å². The first-order valence-corrected chi connectivity index (χ1v) is 10.4. The van der Waals surface area contributed by atoms with Gasteiger partial charge in [0.25, 0.3) is 0 Å². The average molecular weight is 502 g/mol. The maximum Gasteiger partial charge on any atom is 0.191 e. The van der Waals surface area contributed by atoms with Gasteiger partial charge in [-0.15, -0.1) is 24.0 Å². The SMILES string of the molecule is CN=C(NCCC(C)N(C)Cc1ccccc1)NC1CCN(C(C)C)CC1.I. The van der Waals surface area contributed by atoms with Crippen LogP contribution >= 0.6 is 24.0 Å². The summed E-state index contributed by atoms with van der Waals surface area (Å²) in [4.78, 5) is 9.38. The summed E-state index contributed by atoms with van der Waals surface area (Å²) in [5, 5.41) is 7.11. The fourth-order valence-corrected chi connectivity index (χ4v) is 3.60. The second-order valence-corrected chi connectivity index (χ2v) is 8.09. The molecule has 1 aliphatic rings. The molecule has 0 saturated carbocycles. The molecule has 6 heteroatoms. The van der Waals surface area contributed by atoms with Crippen molar-refractivity contribution in [2.75, 3.05) is 33.7 Å². The van der Waals surface area contributed by atoms with E-state index in [0.29, 0.717) is 18.1 Å². The Hall–Kier alpha value is -0.860. The van der Waals surface area contributed by atoms with Gasteiger partial charge in [0.1, 0.15) is 0 Å². The summed E-state index contributed by atoms with van der Waals surface area (Å²) in [5.74, 6) is 0.941. The van der Waals surface area contributed by atoms with Crippen molar-refractivity contribution in [1.29, 1.82) is 0 Å². The molecule has 0 spiro atoms. The average Bonchev–Trinajstić information content (AvgIpc) is 2.68. The van der Waals surface area contributed by atoms with E-state index in [2.05, 4.69) is 83.6 Å². The minimum atomic E-state index is 0. The molecule has 0 amide bonds. The van der Waals surface area contributed by atoms with E-state index in [1.54, 1.807) is 0 Å². The Morgan fingerprint density at radius 3 is 2.39 bits per heavy atom. The second kappa shape index (κ2) is 13.4. The summed E-state index contributed by atoms with van der Waals surface area (Å²) in [7, 11) is 4.07. The number of hydrogen-bond donors (Lipinski definition) is 2. The Morgan fingerprint density at radius 1 is 1.18 bits per heavy atom. The lowest BCUT2D eigenvalue weighted by atomic mass is 10.0. The van der Waals surface area contributed by atoms with Gasteiger partial charge in [0.2, 0.25) is 0 Å². The van der Waals surface area contributed by atoms with Crippen LogP contribution < -0.4 is 10.6 Å². The number of rotatable bonds is 8. The van der Waals surface area contributed by atoms with Gasteiger partial charge in [-0.25, -0.2) is 0 Å². The van der Waals surface area contributed by atoms with Crippen LogP contribution in [-0.4, -0.2) is 67.6 Å². The Bertz CT molecular complexity index is 555. The molecule has 0 aliphatic carbocycles. The Kier molecular flexibility index (Phi) is 12.0. The van der Waals surface area contributed by atoms with Crippen LogP contribution in [0.15, 0.2) is 35.3 Å². The molecule has 1 fully saturated rings. The summed E-state index contributed by atoms with van der Waals surface area (Å²) in [6.45, 7) is 11.1. The summed E-state index contributed by atoms with van der Waals surface area (Å²) in [6.07, 6.45) is 3.47. The summed E-state index contributed by atoms with van der Waals surface area (Å²) < 4.78 is 0. The lowest BCUT2D eigenvalue weighted by Crippen LogP contribution is -2.50. The quantitative estimate of drug-likeness (QED) is 0.325. The van der Waals surface area contributed by atoms with Crippen LogP contribution in [0.3, 0.4) is 0 Å². The van der Waals surface area contributed by atoms with Gasteiger partial charge in [-0.2, -0.15) is 0 Å². The molecule has 1 aromatic carbocycles. The van der Waals surface area contributed by atoms with E-state index in [0.717, 1.165) is 25.5 Å². The number of halogens is 1. The first-order chi connectivity index (χ1) is 13.0. The Balaban J connectivity index is 0.00000392. The number of nitrogens with one attached hydrogen (secondary N) is 2. The van der Waals surface area contributed by atoms with Gasteiger partial charge in [-0.1, -0.05) is 30.3 Å². The highest BCUT2D eigenvalue weighted by atomic mass is 127. The minimum absolute atomic E-state index is 0. The molecule has 1 atom stereocenters. The van der Waals surface area contributed by atoms with Crippen molar-refractivity contribution >= 4 is 29.9 Å². The van der Waals surface area contributed by atoms with Gasteiger partial charge >= 0.3 is 0 Å². The van der Waals surface area contributed by atoms with Crippen molar-refractivity contribution in [2.45, 2.75) is 64.7 Å². The third-order valence-corrected chi connectivity index (χ3v) is 5.71. The van der Waals surface area contributed by atoms with Crippen molar-refractivity contribution in [3.8, 4) is 0 Å². The maximum atomic E-state index is 4.41. The molecule has 28 heavy (non-hydrogen) atoms. The fraction of sp³-hybridized carbons (Fsp3) is 0.682. The van der Waals surface area contributed by atoms with Gasteiger partial charge in [0, 0.05) is 51.4 Å². The monoisotopic (exact) mass is 501 g/mol. The molecule has 1 unspecified atom stereocenters. The standard InChI is InChI=1S/C22H39N5.HI/c1-18(2)27-15-12-21(13-16-27)25-22(23-4)24-14-11-19(3)26(5)17-20-9-7-6-8-10-20;/h6-10,18-19,21H,11-17H2,1-5H3,(H2,23,24,25);1H. The molecule has 0 bridgehead atoms. The first-order valence-electron chi connectivity index (χ1n) is 10.4. The van der Waals surface area contributed by atoms with E-state index in [1.807, 2.05) is 7.05 Å². The minimum Gasteiger partial charge on any atom is -0.356 e. The molecular formula is C22H40IN5. The van der Waals surface area contributed by atoms with E-state index < -0.39 is 0 Å². The van der Waals surface area contributed by atoms with E-state index in [4.69, 9.17) is 0 Å². The molecule has 2 N–H and O–H groups in total. The number of likely N-dealkylation sites (tertiary alicyclic amines) is 1. The van der Waals surface area contributed by atoms with Crippen LogP contribution in [0.25, 0.3) is 0 Å². The second-order valence-electron chi connectivity index (χ2n) is 8.09. The zero-order valence-corrected chi connectivity index (χ0v) is 20.6. The predicted molar refractivity (Wildman–Crippen MR) is 132 cm³/mol. The largest absolute Gasteiger partial charge is 0.356 e. The van der Waals surface area contributed by atoms with Crippen molar-refractivity contribution in [3.05, 3.63) is 35.9 Å². The lowest BCUT2D eigenvalue weighted by Gasteiger charge is -2.35. The molecule has 5 nitrogen and oxygen atoms in total. The molecular weight excluding hydrogens is 461 g/mol. The highest BCUT2D eigenvalue weighted by Crippen LogP contribution is 2.13. The molecule has 1 aliphatic heterocycles. The van der Waals surface area contributed by atoms with E-state index >= 15 is 0 Å². The van der Waals surface area contributed by atoms with Crippen molar-refractivity contribution < 1.29 is 0 Å². The van der Waals surface area contributed by atoms with Crippen LogP contribution in [0.5, 0.6) is 0 Å². The number of hydrogen-bond acceptors (Lipinski definition) is 3. The number of piperidine rings is 1. The van der Waals surface area contributed by atoms with Gasteiger partial charge < -0.3 is 15.5 Å². The van der Waals surface area contributed by atoms with Gasteiger partial charge in [-0.05, 0) is 52.6 Å². The predicted octanol–water partition coefficient (Wildman–Crippen LogP) is 3.55. The van der Waals surface area contributed by atoms with Gasteiger partial charge in [0.15, 0.2) is 5.96 Å². The number of benzene rings is 1. The van der Waals surface area contributed by atoms with Crippen molar-refractivity contribution in [3.63, 3.8) is 0 Å². The van der Waals surface area contributed by atoms with E-state index in [9.17, 15) is 0 Å². The summed E-state index contributed by atoms with van der Waals surface area (Å²) in [6, 6.07) is 12.4. The fourth-order valence-electron chi connectivity index (χ4n) is 3.60. The van der Waals surface area contributed by atoms with Crippen LogP contribution in [0, 0.1) is 0 Å². The van der Waals surface area contributed by atoms with Crippen molar-refractivity contribution in [2.24, 2.45) is 4.99 Å². The van der Waals surface area contributed by atoms with Crippen LogP contribution in [0.2, 0.25) is 0 Å². The highest BCUT2D eigenvalue weighted by Gasteiger charge is 2.21. The van der Waals surface area contributed by atoms with E-state index in [1.165, 1.54) is 31.5 Å². The van der Waals surface area contributed by atoms with Crippen molar-refractivity contribution in [1.82, 2.24) is 20.4 Å². The summed E-state index contributed by atoms with van der Waals surface area (Å²) in [5.41, 5.74) is 1.37. The molecule has 1 saturated heterocycles. The molecule has 1 aromatic rings. The molecule has 160 valence electrons. The maximum absolute atomic E-state index is 4.41. The zero-order valence-electron chi connectivity index (χ0n) is 18.3. The van der Waals surface area contributed by atoms with Crippen LogP contribution in [0.1, 0.15) is 45.6 Å². The summed E-state index contributed by atoms with van der Waals surface area (Å²) >= 11 is 0. The molecule has 2 rings (SSSR count). The third-order valence-electron chi connectivity index (χ3n) is 5.71. The normalized spacial score (nSPS) is 17.5. The smallest absolute Gasteiger partial charge is 0.191 e. The number of nitrogens with zero attached hydrogens (tertiary/aromatic N) is 3. The third kappa shape index (κ3) is 8.66. The zero-order chi connectivity index (χ0) is 19.6. The number of aliphatic imine (C=N–C) groups is 1. The lowest BCUT2D eigenvalue weighted by molar-refractivity contribution is 0.167. The molecule has 0 aromatic heterocycles. The van der Waals surface area contributed by atoms with E-state index in [-0.39, 0.29) is 24.0 Å².